The van der Waals surface area contributed by atoms with E-state index < -0.39 is 0 Å². The summed E-state index contributed by atoms with van der Waals surface area (Å²) in [5, 5.41) is 5.75. The van der Waals surface area contributed by atoms with Crippen molar-refractivity contribution < 1.29 is 4.79 Å². The first-order valence-electron chi connectivity index (χ1n) is 8.49. The van der Waals surface area contributed by atoms with Crippen molar-refractivity contribution in [2.45, 2.75) is 32.4 Å². The highest BCUT2D eigenvalue weighted by atomic mass is 32.1. The fourth-order valence-electron chi connectivity index (χ4n) is 3.36. The van der Waals surface area contributed by atoms with Gasteiger partial charge >= 0.3 is 0 Å². The van der Waals surface area contributed by atoms with Gasteiger partial charge in [0.05, 0.1) is 12.2 Å². The predicted octanol–water partition coefficient (Wildman–Crippen LogP) is 1.31. The zero-order valence-corrected chi connectivity index (χ0v) is 14.9. The van der Waals surface area contributed by atoms with Gasteiger partial charge in [-0.05, 0) is 39.9 Å². The lowest BCUT2D eigenvalue weighted by Gasteiger charge is -2.37. The molecule has 0 saturated carbocycles. The lowest BCUT2D eigenvalue weighted by Crippen LogP contribution is -2.52. The van der Waals surface area contributed by atoms with Gasteiger partial charge in [-0.15, -0.1) is 11.3 Å². The standard InChI is InChI=1S/C16H27N5OS/c1-13-9-19(2)7-8-21(13)11-15(22)18-16-17-14(12-23-16)10-20-5-3-4-6-20/h12-13H,3-11H2,1-2H3,(H,17,18,22)/t13-/m1/s1. The second kappa shape index (κ2) is 7.70. The molecule has 0 radical (unpaired) electrons. The summed E-state index contributed by atoms with van der Waals surface area (Å²) in [6, 6.07) is 0.418. The number of carbonyl (C=O) groups is 1. The molecule has 0 spiro atoms. The van der Waals surface area contributed by atoms with E-state index in [-0.39, 0.29) is 5.91 Å². The molecule has 2 fully saturated rings. The number of rotatable bonds is 5. The van der Waals surface area contributed by atoms with Crippen LogP contribution < -0.4 is 5.32 Å². The predicted molar refractivity (Wildman–Crippen MR) is 93.8 cm³/mol. The Morgan fingerprint density at radius 1 is 1.35 bits per heavy atom. The summed E-state index contributed by atoms with van der Waals surface area (Å²) in [7, 11) is 2.13. The molecule has 0 aliphatic carbocycles. The van der Waals surface area contributed by atoms with Crippen LogP contribution in [0.4, 0.5) is 5.13 Å². The number of carbonyl (C=O) groups excluding carboxylic acids is 1. The second-order valence-electron chi connectivity index (χ2n) is 6.76. The van der Waals surface area contributed by atoms with Gasteiger partial charge in [-0.2, -0.15) is 0 Å². The van der Waals surface area contributed by atoms with Gasteiger partial charge in [0.25, 0.3) is 0 Å². The normalized spacial score (nSPS) is 24.2. The molecule has 1 aromatic rings. The Kier molecular flexibility index (Phi) is 5.63. The molecule has 3 heterocycles. The summed E-state index contributed by atoms with van der Waals surface area (Å²) < 4.78 is 0. The lowest BCUT2D eigenvalue weighted by molar-refractivity contribution is -0.118. The third-order valence-electron chi connectivity index (χ3n) is 4.70. The van der Waals surface area contributed by atoms with Crippen LogP contribution in [-0.2, 0) is 11.3 Å². The second-order valence-corrected chi connectivity index (χ2v) is 7.62. The van der Waals surface area contributed by atoms with Crippen LogP contribution in [0, 0.1) is 0 Å². The first-order chi connectivity index (χ1) is 11.1. The number of hydrogen-bond acceptors (Lipinski definition) is 6. The van der Waals surface area contributed by atoms with Crippen molar-refractivity contribution in [3.8, 4) is 0 Å². The summed E-state index contributed by atoms with van der Waals surface area (Å²) >= 11 is 1.53. The molecule has 0 aromatic carbocycles. The summed E-state index contributed by atoms with van der Waals surface area (Å²) in [6.45, 7) is 8.86. The zero-order valence-electron chi connectivity index (χ0n) is 14.1. The minimum Gasteiger partial charge on any atom is -0.304 e. The summed E-state index contributed by atoms with van der Waals surface area (Å²) in [5.41, 5.74) is 1.07. The number of likely N-dealkylation sites (N-methyl/N-ethyl adjacent to an activating group) is 1. The Labute approximate surface area is 142 Å². The SMILES string of the molecule is C[C@@H]1CN(C)CCN1CC(=O)Nc1nc(CN2CCCC2)cs1. The Balaban J connectivity index is 1.47. The Morgan fingerprint density at radius 3 is 2.87 bits per heavy atom. The molecular formula is C16H27N5OS. The van der Waals surface area contributed by atoms with Crippen LogP contribution in [0.2, 0.25) is 0 Å². The average Bonchev–Trinajstić information content (AvgIpc) is 3.15. The van der Waals surface area contributed by atoms with Gasteiger partial charge in [-0.3, -0.25) is 14.6 Å². The number of hydrogen-bond donors (Lipinski definition) is 1. The number of nitrogens with one attached hydrogen (secondary N) is 1. The Morgan fingerprint density at radius 2 is 2.13 bits per heavy atom. The van der Waals surface area contributed by atoms with Crippen molar-refractivity contribution in [1.29, 1.82) is 0 Å². The molecule has 1 amide bonds. The number of likely N-dealkylation sites (tertiary alicyclic amines) is 1. The van der Waals surface area contributed by atoms with Gasteiger partial charge in [0.1, 0.15) is 0 Å². The molecule has 2 saturated heterocycles. The van der Waals surface area contributed by atoms with Crippen molar-refractivity contribution in [3.63, 3.8) is 0 Å². The van der Waals surface area contributed by atoms with Crippen LogP contribution in [0.25, 0.3) is 0 Å². The van der Waals surface area contributed by atoms with E-state index in [0.29, 0.717) is 12.6 Å². The van der Waals surface area contributed by atoms with E-state index >= 15 is 0 Å². The topological polar surface area (TPSA) is 51.7 Å². The molecule has 2 aliphatic heterocycles. The fraction of sp³-hybridized carbons (Fsp3) is 0.750. The molecule has 1 atom stereocenters. The number of aromatic nitrogens is 1. The van der Waals surface area contributed by atoms with E-state index in [0.717, 1.165) is 37.0 Å². The van der Waals surface area contributed by atoms with Crippen LogP contribution in [-0.4, -0.2) is 77.9 Å². The highest BCUT2D eigenvalue weighted by Gasteiger charge is 2.23. The van der Waals surface area contributed by atoms with Gasteiger partial charge in [0.15, 0.2) is 5.13 Å². The molecule has 0 unspecified atom stereocenters. The van der Waals surface area contributed by atoms with Crippen molar-refractivity contribution in [3.05, 3.63) is 11.1 Å². The van der Waals surface area contributed by atoms with E-state index in [1.807, 2.05) is 0 Å². The first-order valence-corrected chi connectivity index (χ1v) is 9.37. The van der Waals surface area contributed by atoms with Gasteiger partial charge in [-0.25, -0.2) is 4.98 Å². The maximum absolute atomic E-state index is 12.3. The van der Waals surface area contributed by atoms with E-state index in [2.05, 4.69) is 44.4 Å². The van der Waals surface area contributed by atoms with Gasteiger partial charge in [0.2, 0.25) is 5.91 Å². The van der Waals surface area contributed by atoms with E-state index in [9.17, 15) is 4.79 Å². The number of nitrogens with zero attached hydrogens (tertiary/aromatic N) is 4. The highest BCUT2D eigenvalue weighted by molar-refractivity contribution is 7.13. The molecule has 3 rings (SSSR count). The third kappa shape index (κ3) is 4.73. The van der Waals surface area contributed by atoms with Crippen molar-refractivity contribution in [2.24, 2.45) is 0 Å². The Bertz CT molecular complexity index is 528. The zero-order chi connectivity index (χ0) is 16.2. The fourth-order valence-corrected chi connectivity index (χ4v) is 4.08. The lowest BCUT2D eigenvalue weighted by atomic mass is 10.2. The molecule has 0 bridgehead atoms. The van der Waals surface area contributed by atoms with Crippen LogP contribution in [0.5, 0.6) is 0 Å². The number of piperazine rings is 1. The maximum atomic E-state index is 12.3. The number of amides is 1. The molecule has 128 valence electrons. The van der Waals surface area contributed by atoms with Gasteiger partial charge < -0.3 is 10.2 Å². The largest absolute Gasteiger partial charge is 0.304 e. The molecule has 7 heteroatoms. The summed E-state index contributed by atoms with van der Waals surface area (Å²) in [4.78, 5) is 23.8. The summed E-state index contributed by atoms with van der Waals surface area (Å²) in [5.74, 6) is 0.0449. The van der Waals surface area contributed by atoms with E-state index in [1.54, 1.807) is 0 Å². The highest BCUT2D eigenvalue weighted by Crippen LogP contribution is 2.19. The molecule has 1 aromatic heterocycles. The van der Waals surface area contributed by atoms with Crippen molar-refractivity contribution >= 4 is 22.4 Å². The molecule has 1 N–H and O–H groups in total. The number of anilines is 1. The van der Waals surface area contributed by atoms with Gasteiger partial charge in [0, 0.05) is 37.6 Å². The van der Waals surface area contributed by atoms with Crippen molar-refractivity contribution in [1.82, 2.24) is 19.7 Å². The maximum Gasteiger partial charge on any atom is 0.240 e. The van der Waals surface area contributed by atoms with Crippen LogP contribution in [0.15, 0.2) is 5.38 Å². The molecule has 23 heavy (non-hydrogen) atoms. The van der Waals surface area contributed by atoms with E-state index in [1.165, 1.54) is 37.3 Å². The van der Waals surface area contributed by atoms with Crippen LogP contribution >= 0.6 is 11.3 Å². The van der Waals surface area contributed by atoms with Crippen LogP contribution in [0.1, 0.15) is 25.5 Å². The Hall–Kier alpha value is -1.02. The van der Waals surface area contributed by atoms with Crippen molar-refractivity contribution in [2.75, 3.05) is 51.6 Å². The molecular weight excluding hydrogens is 310 g/mol. The molecule has 2 aliphatic rings. The first kappa shape index (κ1) is 16.8. The third-order valence-corrected chi connectivity index (χ3v) is 5.50. The minimum atomic E-state index is 0.0449. The number of thiazole rings is 1. The minimum absolute atomic E-state index is 0.0449. The smallest absolute Gasteiger partial charge is 0.240 e. The van der Waals surface area contributed by atoms with E-state index in [4.69, 9.17) is 0 Å². The molecule has 6 nitrogen and oxygen atoms in total. The monoisotopic (exact) mass is 337 g/mol. The summed E-state index contributed by atoms with van der Waals surface area (Å²) in [6.07, 6.45) is 2.58. The van der Waals surface area contributed by atoms with Crippen LogP contribution in [0.3, 0.4) is 0 Å². The quantitative estimate of drug-likeness (QED) is 0.878. The average molecular weight is 337 g/mol. The van der Waals surface area contributed by atoms with Gasteiger partial charge in [-0.1, -0.05) is 0 Å².